The lowest BCUT2D eigenvalue weighted by atomic mass is 9.96. The molecule has 1 aromatic carbocycles. The van der Waals surface area contributed by atoms with E-state index in [-0.39, 0.29) is 6.10 Å². The molecule has 0 spiro atoms. The van der Waals surface area contributed by atoms with Crippen LogP contribution in [0.15, 0.2) is 30.9 Å². The molecule has 0 radical (unpaired) electrons. The summed E-state index contributed by atoms with van der Waals surface area (Å²) in [7, 11) is 0. The molecule has 4 nitrogen and oxygen atoms in total. The zero-order valence-corrected chi connectivity index (χ0v) is 11.2. The van der Waals surface area contributed by atoms with Gasteiger partial charge in [0.05, 0.1) is 12.6 Å². The molecule has 0 saturated carbocycles. The Hall–Kier alpha value is -1.10. The molecule has 0 N–H and O–H groups in total. The standard InChI is InChI=1S/C12H11Cl2N3O/c1-8-12(18-8,5-17-7-15-6-16-17)10-3-2-9(13)4-11(10)14/h2-4,6-8H,5H2,1H3/t8-,12+/m0/s1. The second-order valence-corrected chi connectivity index (χ2v) is 5.21. The molecule has 6 heteroatoms. The summed E-state index contributed by atoms with van der Waals surface area (Å²) in [6.45, 7) is 2.61. The van der Waals surface area contributed by atoms with Crippen LogP contribution in [-0.2, 0) is 16.9 Å². The van der Waals surface area contributed by atoms with Crippen molar-refractivity contribution in [3.63, 3.8) is 0 Å². The molecular formula is C12H11Cl2N3O. The van der Waals surface area contributed by atoms with Crippen molar-refractivity contribution in [1.29, 1.82) is 0 Å². The van der Waals surface area contributed by atoms with E-state index >= 15 is 0 Å². The second-order valence-electron chi connectivity index (χ2n) is 4.37. The van der Waals surface area contributed by atoms with Crippen LogP contribution in [0.25, 0.3) is 0 Å². The van der Waals surface area contributed by atoms with E-state index in [1.807, 2.05) is 19.1 Å². The van der Waals surface area contributed by atoms with E-state index in [9.17, 15) is 0 Å². The molecule has 1 saturated heterocycles. The van der Waals surface area contributed by atoms with Gasteiger partial charge in [-0.2, -0.15) is 5.10 Å². The zero-order valence-electron chi connectivity index (χ0n) is 9.68. The Morgan fingerprint density at radius 2 is 2.22 bits per heavy atom. The molecule has 2 heterocycles. The molecule has 3 rings (SSSR count). The molecule has 2 atom stereocenters. The third-order valence-electron chi connectivity index (χ3n) is 3.24. The number of halogens is 2. The maximum absolute atomic E-state index is 6.25. The maximum atomic E-state index is 6.25. The number of nitrogens with zero attached hydrogens (tertiary/aromatic N) is 3. The van der Waals surface area contributed by atoms with Crippen LogP contribution in [0.3, 0.4) is 0 Å². The summed E-state index contributed by atoms with van der Waals surface area (Å²) in [5.74, 6) is 0. The van der Waals surface area contributed by atoms with E-state index in [2.05, 4.69) is 10.1 Å². The molecule has 0 unspecified atom stereocenters. The lowest BCUT2D eigenvalue weighted by Gasteiger charge is -2.14. The van der Waals surface area contributed by atoms with E-state index in [1.165, 1.54) is 6.33 Å². The van der Waals surface area contributed by atoms with Gasteiger partial charge in [-0.25, -0.2) is 9.67 Å². The van der Waals surface area contributed by atoms with Gasteiger partial charge in [0.2, 0.25) is 0 Å². The average molecular weight is 284 g/mol. The van der Waals surface area contributed by atoms with E-state index in [1.54, 1.807) is 17.1 Å². The highest BCUT2D eigenvalue weighted by Crippen LogP contribution is 2.49. The highest BCUT2D eigenvalue weighted by molar-refractivity contribution is 6.35. The van der Waals surface area contributed by atoms with Crippen LogP contribution < -0.4 is 0 Å². The SMILES string of the molecule is C[C@@H]1O[C@@]1(Cn1cncn1)c1ccc(Cl)cc1Cl. The quantitative estimate of drug-likeness (QED) is 0.814. The fraction of sp³-hybridized carbons (Fsp3) is 0.333. The molecule has 1 fully saturated rings. The normalized spacial score (nSPS) is 26.3. The third-order valence-corrected chi connectivity index (χ3v) is 3.78. The summed E-state index contributed by atoms with van der Waals surface area (Å²) < 4.78 is 7.51. The summed E-state index contributed by atoms with van der Waals surface area (Å²) in [4.78, 5) is 3.93. The summed E-state index contributed by atoms with van der Waals surface area (Å²) in [5.41, 5.74) is 0.520. The topological polar surface area (TPSA) is 43.2 Å². The number of aromatic nitrogens is 3. The number of hydrogen-bond acceptors (Lipinski definition) is 3. The van der Waals surface area contributed by atoms with Gasteiger partial charge in [-0.3, -0.25) is 0 Å². The van der Waals surface area contributed by atoms with Crippen LogP contribution >= 0.6 is 23.2 Å². The van der Waals surface area contributed by atoms with Crippen LogP contribution in [0.4, 0.5) is 0 Å². The van der Waals surface area contributed by atoms with Crippen LogP contribution in [0.1, 0.15) is 12.5 Å². The van der Waals surface area contributed by atoms with Crippen molar-refractivity contribution in [1.82, 2.24) is 14.8 Å². The Morgan fingerprint density at radius 1 is 1.44 bits per heavy atom. The van der Waals surface area contributed by atoms with E-state index < -0.39 is 5.60 Å². The fourth-order valence-corrected chi connectivity index (χ4v) is 2.77. The zero-order chi connectivity index (χ0) is 12.8. The van der Waals surface area contributed by atoms with Crippen LogP contribution in [0, 0.1) is 0 Å². The number of ether oxygens (including phenoxy) is 1. The third kappa shape index (κ3) is 1.90. The predicted octanol–water partition coefficient (Wildman–Crippen LogP) is 2.90. The van der Waals surface area contributed by atoms with Crippen molar-refractivity contribution in [2.45, 2.75) is 25.2 Å². The number of epoxide rings is 1. The van der Waals surface area contributed by atoms with Gasteiger partial charge < -0.3 is 4.74 Å². The van der Waals surface area contributed by atoms with Crippen molar-refractivity contribution < 1.29 is 4.74 Å². The molecule has 18 heavy (non-hydrogen) atoms. The van der Waals surface area contributed by atoms with Crippen molar-refractivity contribution in [3.05, 3.63) is 46.5 Å². The summed E-state index contributed by atoms with van der Waals surface area (Å²) in [5, 5.41) is 5.34. The van der Waals surface area contributed by atoms with Gasteiger partial charge in [-0.15, -0.1) is 0 Å². The first kappa shape index (κ1) is 12.0. The Balaban J connectivity index is 1.97. The van der Waals surface area contributed by atoms with Gasteiger partial charge in [-0.1, -0.05) is 29.3 Å². The summed E-state index contributed by atoms with van der Waals surface area (Å²) in [6, 6.07) is 5.46. The predicted molar refractivity (Wildman–Crippen MR) is 68.7 cm³/mol. The average Bonchev–Trinajstić information content (AvgIpc) is 2.75. The molecular weight excluding hydrogens is 273 g/mol. The number of hydrogen-bond donors (Lipinski definition) is 0. The Kier molecular flexibility index (Phi) is 2.81. The monoisotopic (exact) mass is 283 g/mol. The van der Waals surface area contributed by atoms with Crippen molar-refractivity contribution in [3.8, 4) is 0 Å². The molecule has 0 amide bonds. The minimum atomic E-state index is -0.421. The smallest absolute Gasteiger partial charge is 0.140 e. The summed E-state index contributed by atoms with van der Waals surface area (Å²) in [6.07, 6.45) is 3.27. The Labute approximate surface area is 114 Å². The highest BCUT2D eigenvalue weighted by atomic mass is 35.5. The first-order valence-corrected chi connectivity index (χ1v) is 6.33. The van der Waals surface area contributed by atoms with E-state index in [4.69, 9.17) is 27.9 Å². The first-order valence-electron chi connectivity index (χ1n) is 5.57. The lowest BCUT2D eigenvalue weighted by molar-refractivity contribution is 0.264. The minimum Gasteiger partial charge on any atom is -0.359 e. The lowest BCUT2D eigenvalue weighted by Crippen LogP contribution is -2.21. The van der Waals surface area contributed by atoms with Gasteiger partial charge in [0.25, 0.3) is 0 Å². The molecule has 2 aromatic rings. The molecule has 1 aliphatic heterocycles. The summed E-state index contributed by atoms with van der Waals surface area (Å²) >= 11 is 12.2. The molecule has 1 aliphatic rings. The Morgan fingerprint density at radius 3 is 2.78 bits per heavy atom. The molecule has 1 aromatic heterocycles. The Bertz CT molecular complexity index is 573. The number of rotatable bonds is 3. The minimum absolute atomic E-state index is 0.0976. The van der Waals surface area contributed by atoms with Gasteiger partial charge in [0.1, 0.15) is 18.3 Å². The van der Waals surface area contributed by atoms with Crippen LogP contribution in [0.2, 0.25) is 10.0 Å². The highest BCUT2D eigenvalue weighted by Gasteiger charge is 2.56. The van der Waals surface area contributed by atoms with Crippen LogP contribution in [0.5, 0.6) is 0 Å². The van der Waals surface area contributed by atoms with Gasteiger partial charge >= 0.3 is 0 Å². The fourth-order valence-electron chi connectivity index (χ4n) is 2.20. The van der Waals surface area contributed by atoms with Crippen LogP contribution in [-0.4, -0.2) is 20.9 Å². The molecule has 0 aliphatic carbocycles. The van der Waals surface area contributed by atoms with Gasteiger partial charge in [0, 0.05) is 15.6 Å². The van der Waals surface area contributed by atoms with Gasteiger partial charge in [-0.05, 0) is 19.1 Å². The molecule has 0 bridgehead atoms. The van der Waals surface area contributed by atoms with Gasteiger partial charge in [0.15, 0.2) is 0 Å². The molecule has 94 valence electrons. The number of benzene rings is 1. The largest absolute Gasteiger partial charge is 0.359 e. The van der Waals surface area contributed by atoms with Crippen molar-refractivity contribution in [2.24, 2.45) is 0 Å². The second kappa shape index (κ2) is 4.23. The van der Waals surface area contributed by atoms with Crippen molar-refractivity contribution >= 4 is 23.2 Å². The van der Waals surface area contributed by atoms with Crippen molar-refractivity contribution in [2.75, 3.05) is 0 Å². The van der Waals surface area contributed by atoms with E-state index in [0.29, 0.717) is 16.6 Å². The first-order chi connectivity index (χ1) is 8.62. The maximum Gasteiger partial charge on any atom is 0.140 e. The van der Waals surface area contributed by atoms with E-state index in [0.717, 1.165) is 5.56 Å².